The molecule has 0 saturated carbocycles. The van der Waals surface area contributed by atoms with Gasteiger partial charge in [-0.15, -0.1) is 0 Å². The Balaban J connectivity index is 2.49. The van der Waals surface area contributed by atoms with Crippen LogP contribution < -0.4 is 10.6 Å². The van der Waals surface area contributed by atoms with E-state index < -0.39 is 24.0 Å². The summed E-state index contributed by atoms with van der Waals surface area (Å²) in [6, 6.07) is 2.26. The van der Waals surface area contributed by atoms with E-state index in [1.54, 1.807) is 0 Å². The fraction of sp³-hybridized carbons (Fsp3) is 0.300. The molecule has 17 heavy (non-hydrogen) atoms. The molecule has 0 aliphatic heterocycles. The van der Waals surface area contributed by atoms with Crippen molar-refractivity contribution in [1.29, 1.82) is 0 Å². The first-order chi connectivity index (χ1) is 8.04. The number of ether oxygens (including phenoxy) is 1. The molecule has 1 rings (SSSR count). The summed E-state index contributed by atoms with van der Waals surface area (Å²) in [7, 11) is 1.36. The number of carbonyl (C=O) groups excluding carboxylic acids is 3. The first-order valence-electron chi connectivity index (χ1n) is 4.81. The number of amides is 3. The highest BCUT2D eigenvalue weighted by Gasteiger charge is 2.21. The Bertz CT molecular complexity index is 412. The van der Waals surface area contributed by atoms with E-state index in [0.717, 1.165) is 0 Å². The number of furan rings is 1. The molecule has 92 valence electrons. The molecule has 2 N–H and O–H groups in total. The van der Waals surface area contributed by atoms with Crippen LogP contribution in [0.25, 0.3) is 0 Å². The highest BCUT2D eigenvalue weighted by Crippen LogP contribution is 2.04. The molecule has 7 heteroatoms. The van der Waals surface area contributed by atoms with Crippen LogP contribution >= 0.6 is 0 Å². The Kier molecular flexibility index (Phi) is 4.27. The van der Waals surface area contributed by atoms with E-state index in [2.05, 4.69) is 5.32 Å². The van der Waals surface area contributed by atoms with Gasteiger partial charge in [-0.05, 0) is 19.1 Å². The minimum absolute atomic E-state index is 0.00964. The molecule has 0 aliphatic rings. The molecular formula is C10H12N2O5. The summed E-state index contributed by atoms with van der Waals surface area (Å²) in [6.07, 6.45) is 0.219. The summed E-state index contributed by atoms with van der Waals surface area (Å²) in [6.45, 7) is 1.35. The van der Waals surface area contributed by atoms with Crippen LogP contribution in [0.3, 0.4) is 0 Å². The zero-order valence-corrected chi connectivity index (χ0v) is 9.35. The third-order valence-electron chi connectivity index (χ3n) is 1.84. The smallest absolute Gasteiger partial charge is 0.374 e. The highest BCUT2D eigenvalue weighted by atomic mass is 16.6. The van der Waals surface area contributed by atoms with Crippen LogP contribution in [0.15, 0.2) is 22.8 Å². The summed E-state index contributed by atoms with van der Waals surface area (Å²) in [5.41, 5.74) is 0. The lowest BCUT2D eigenvalue weighted by Crippen LogP contribution is -2.43. The first-order valence-corrected chi connectivity index (χ1v) is 4.81. The second kappa shape index (κ2) is 5.69. The van der Waals surface area contributed by atoms with Crippen molar-refractivity contribution in [2.75, 3.05) is 7.05 Å². The van der Waals surface area contributed by atoms with E-state index in [1.807, 2.05) is 5.32 Å². The molecule has 1 heterocycles. The van der Waals surface area contributed by atoms with Crippen molar-refractivity contribution in [3.63, 3.8) is 0 Å². The van der Waals surface area contributed by atoms with Crippen LogP contribution in [0.2, 0.25) is 0 Å². The van der Waals surface area contributed by atoms with E-state index >= 15 is 0 Å². The lowest BCUT2D eigenvalue weighted by molar-refractivity contribution is -0.128. The Morgan fingerprint density at radius 1 is 1.41 bits per heavy atom. The van der Waals surface area contributed by atoms with Gasteiger partial charge in [-0.3, -0.25) is 10.1 Å². The summed E-state index contributed by atoms with van der Waals surface area (Å²) in [5.74, 6) is -1.50. The second-order valence-electron chi connectivity index (χ2n) is 3.09. The van der Waals surface area contributed by atoms with Gasteiger partial charge in [-0.2, -0.15) is 0 Å². The van der Waals surface area contributed by atoms with Crippen molar-refractivity contribution in [3.05, 3.63) is 24.2 Å². The van der Waals surface area contributed by atoms with E-state index in [9.17, 15) is 14.4 Å². The molecule has 1 aromatic heterocycles. The number of urea groups is 1. The molecule has 1 atom stereocenters. The van der Waals surface area contributed by atoms with Gasteiger partial charge in [0, 0.05) is 7.05 Å². The van der Waals surface area contributed by atoms with Crippen LogP contribution in [0, 0.1) is 0 Å². The van der Waals surface area contributed by atoms with Gasteiger partial charge in [0.1, 0.15) is 0 Å². The van der Waals surface area contributed by atoms with Gasteiger partial charge in [-0.1, -0.05) is 0 Å². The number of esters is 1. The number of imide groups is 1. The molecule has 0 aromatic carbocycles. The maximum Gasteiger partial charge on any atom is 0.374 e. The predicted molar refractivity (Wildman–Crippen MR) is 56.2 cm³/mol. The minimum Gasteiger partial charge on any atom is -0.457 e. The van der Waals surface area contributed by atoms with Gasteiger partial charge < -0.3 is 14.5 Å². The van der Waals surface area contributed by atoms with Crippen molar-refractivity contribution >= 4 is 17.9 Å². The van der Waals surface area contributed by atoms with Crippen molar-refractivity contribution in [3.8, 4) is 0 Å². The van der Waals surface area contributed by atoms with E-state index in [4.69, 9.17) is 9.15 Å². The van der Waals surface area contributed by atoms with Gasteiger partial charge in [0.15, 0.2) is 6.10 Å². The zero-order chi connectivity index (χ0) is 12.8. The maximum atomic E-state index is 11.4. The topological polar surface area (TPSA) is 97.6 Å². The third kappa shape index (κ3) is 3.63. The Labute approximate surface area is 97.1 Å². The van der Waals surface area contributed by atoms with E-state index in [1.165, 1.54) is 32.4 Å². The molecule has 1 aromatic rings. The normalized spacial score (nSPS) is 11.4. The molecule has 0 bridgehead atoms. The zero-order valence-electron chi connectivity index (χ0n) is 9.35. The molecule has 0 radical (unpaired) electrons. The summed E-state index contributed by atoms with van der Waals surface area (Å²) >= 11 is 0. The summed E-state index contributed by atoms with van der Waals surface area (Å²) in [5, 5.41) is 4.18. The number of carbonyl (C=O) groups is 3. The first kappa shape index (κ1) is 12.8. The number of rotatable bonds is 3. The molecule has 1 unspecified atom stereocenters. The van der Waals surface area contributed by atoms with Crippen molar-refractivity contribution in [2.45, 2.75) is 13.0 Å². The van der Waals surface area contributed by atoms with Crippen LogP contribution in [-0.4, -0.2) is 31.1 Å². The van der Waals surface area contributed by atoms with Crippen molar-refractivity contribution in [2.24, 2.45) is 0 Å². The van der Waals surface area contributed by atoms with Crippen LogP contribution in [0.5, 0.6) is 0 Å². The Morgan fingerprint density at radius 3 is 2.65 bits per heavy atom. The minimum atomic E-state index is -1.09. The van der Waals surface area contributed by atoms with Gasteiger partial charge in [-0.25, -0.2) is 9.59 Å². The second-order valence-corrected chi connectivity index (χ2v) is 3.09. The van der Waals surface area contributed by atoms with Gasteiger partial charge in [0.05, 0.1) is 6.26 Å². The van der Waals surface area contributed by atoms with Crippen LogP contribution in [0.4, 0.5) is 4.79 Å². The van der Waals surface area contributed by atoms with Gasteiger partial charge >= 0.3 is 12.0 Å². The van der Waals surface area contributed by atoms with Crippen molar-refractivity contribution in [1.82, 2.24) is 10.6 Å². The van der Waals surface area contributed by atoms with Gasteiger partial charge in [0.25, 0.3) is 5.91 Å². The lowest BCUT2D eigenvalue weighted by Gasteiger charge is -2.11. The fourth-order valence-corrected chi connectivity index (χ4v) is 0.943. The van der Waals surface area contributed by atoms with Crippen molar-refractivity contribution < 1.29 is 23.5 Å². The molecular weight excluding hydrogens is 228 g/mol. The quantitative estimate of drug-likeness (QED) is 0.739. The van der Waals surface area contributed by atoms with Crippen LogP contribution in [-0.2, 0) is 9.53 Å². The fourth-order valence-electron chi connectivity index (χ4n) is 0.943. The van der Waals surface area contributed by atoms with E-state index in [0.29, 0.717) is 0 Å². The number of nitrogens with one attached hydrogen (secondary N) is 2. The third-order valence-corrected chi connectivity index (χ3v) is 1.84. The Morgan fingerprint density at radius 2 is 2.12 bits per heavy atom. The van der Waals surface area contributed by atoms with Crippen LogP contribution in [0.1, 0.15) is 17.5 Å². The molecule has 0 spiro atoms. The monoisotopic (exact) mass is 240 g/mol. The Hall–Kier alpha value is -2.31. The van der Waals surface area contributed by atoms with Gasteiger partial charge in [0.2, 0.25) is 5.76 Å². The summed E-state index contributed by atoms with van der Waals surface area (Å²) < 4.78 is 9.57. The maximum absolute atomic E-state index is 11.4. The molecule has 0 saturated heterocycles. The molecule has 0 fully saturated rings. The average Bonchev–Trinajstić information content (AvgIpc) is 2.82. The van der Waals surface area contributed by atoms with E-state index in [-0.39, 0.29) is 5.76 Å². The predicted octanol–water partition coefficient (Wildman–Crippen LogP) is 0.280. The molecule has 7 nitrogen and oxygen atoms in total. The lowest BCUT2D eigenvalue weighted by atomic mass is 10.3. The SMILES string of the molecule is CNC(=O)NC(=O)C(C)OC(=O)c1ccco1. The average molecular weight is 240 g/mol. The largest absolute Gasteiger partial charge is 0.457 e. The number of hydrogen-bond donors (Lipinski definition) is 2. The molecule has 0 aliphatic carbocycles. The molecule has 3 amide bonds. The highest BCUT2D eigenvalue weighted by molar-refractivity contribution is 5.97. The number of hydrogen-bond acceptors (Lipinski definition) is 5. The summed E-state index contributed by atoms with van der Waals surface area (Å²) in [4.78, 5) is 33.6. The standard InChI is InChI=1S/C10H12N2O5/c1-6(8(13)12-10(15)11-2)17-9(14)7-4-3-5-16-7/h3-6H,1-2H3,(H2,11,12,13,15).